The maximum absolute atomic E-state index is 13.6. The molecule has 0 aliphatic rings. The molecular weight excluding hydrogens is 335 g/mol. The Bertz CT molecular complexity index is 711. The van der Waals surface area contributed by atoms with E-state index < -0.39 is 28.6 Å². The molecule has 116 valence electrons. The zero-order chi connectivity index (χ0) is 16.3. The smallest absolute Gasteiger partial charge is 0.237 e. The summed E-state index contributed by atoms with van der Waals surface area (Å²) in [7, 11) is 0. The summed E-state index contributed by atoms with van der Waals surface area (Å²) in [5, 5.41) is 2.02. The van der Waals surface area contributed by atoms with Crippen LogP contribution < -0.4 is 5.32 Å². The Labute approximate surface area is 134 Å². The number of hydrogen-bond donors (Lipinski definition) is 1. The van der Waals surface area contributed by atoms with Crippen molar-refractivity contribution in [2.45, 2.75) is 17.1 Å². The van der Waals surface area contributed by atoms with Gasteiger partial charge in [-0.05, 0) is 43.3 Å². The fourth-order valence-corrected chi connectivity index (χ4v) is 2.68. The van der Waals surface area contributed by atoms with E-state index >= 15 is 0 Å². The maximum Gasteiger partial charge on any atom is 0.237 e. The second-order valence-electron chi connectivity index (χ2n) is 4.45. The molecule has 0 aliphatic carbocycles. The topological polar surface area (TPSA) is 29.1 Å². The van der Waals surface area contributed by atoms with Crippen LogP contribution in [0.4, 0.5) is 18.9 Å². The number of rotatable bonds is 4. The minimum absolute atomic E-state index is 0.00661. The molecule has 1 N–H and O–H groups in total. The summed E-state index contributed by atoms with van der Waals surface area (Å²) in [6.07, 6.45) is 0. The lowest BCUT2D eigenvalue weighted by Gasteiger charge is -2.12. The summed E-state index contributed by atoms with van der Waals surface area (Å²) >= 11 is 6.66. The van der Waals surface area contributed by atoms with Crippen molar-refractivity contribution >= 4 is 35.0 Å². The van der Waals surface area contributed by atoms with E-state index in [9.17, 15) is 18.0 Å². The van der Waals surface area contributed by atoms with Crippen molar-refractivity contribution in [1.82, 2.24) is 0 Å². The number of thioether (sulfide) groups is 1. The summed E-state index contributed by atoms with van der Waals surface area (Å²) in [5.41, 5.74) is 0.00661. The molecule has 2 rings (SSSR count). The third kappa shape index (κ3) is 4.18. The van der Waals surface area contributed by atoms with Gasteiger partial charge >= 0.3 is 0 Å². The Hall–Kier alpha value is -1.66. The highest BCUT2D eigenvalue weighted by molar-refractivity contribution is 8.00. The fourth-order valence-electron chi connectivity index (χ4n) is 1.63. The Morgan fingerprint density at radius 1 is 1.09 bits per heavy atom. The fraction of sp³-hybridized carbons (Fsp3) is 0.133. The molecule has 0 aromatic heterocycles. The van der Waals surface area contributed by atoms with Crippen molar-refractivity contribution in [2.24, 2.45) is 0 Å². The Morgan fingerprint density at radius 2 is 1.82 bits per heavy atom. The molecule has 2 aromatic rings. The average Bonchev–Trinajstić information content (AvgIpc) is 2.45. The zero-order valence-corrected chi connectivity index (χ0v) is 12.9. The van der Waals surface area contributed by atoms with E-state index in [1.807, 2.05) is 0 Å². The summed E-state index contributed by atoms with van der Waals surface area (Å²) in [6, 6.07) is 7.26. The number of nitrogens with one attached hydrogen (secondary N) is 1. The lowest BCUT2D eigenvalue weighted by Crippen LogP contribution is -2.22. The molecule has 0 heterocycles. The summed E-state index contributed by atoms with van der Waals surface area (Å²) in [5.74, 6) is -3.05. The van der Waals surface area contributed by atoms with Gasteiger partial charge in [0.05, 0.1) is 10.9 Å². The summed E-state index contributed by atoms with van der Waals surface area (Å²) < 4.78 is 39.6. The molecule has 0 aliphatic heterocycles. The highest BCUT2D eigenvalue weighted by Crippen LogP contribution is 2.26. The van der Waals surface area contributed by atoms with Crippen LogP contribution in [-0.2, 0) is 4.79 Å². The van der Waals surface area contributed by atoms with Crippen molar-refractivity contribution in [1.29, 1.82) is 0 Å². The van der Waals surface area contributed by atoms with Gasteiger partial charge in [0.2, 0.25) is 5.91 Å². The van der Waals surface area contributed by atoms with Gasteiger partial charge < -0.3 is 5.32 Å². The van der Waals surface area contributed by atoms with Crippen molar-refractivity contribution < 1.29 is 18.0 Å². The molecule has 2 nitrogen and oxygen atoms in total. The first-order valence-electron chi connectivity index (χ1n) is 6.24. The summed E-state index contributed by atoms with van der Waals surface area (Å²) in [6.45, 7) is 1.58. The van der Waals surface area contributed by atoms with Gasteiger partial charge in [0.15, 0.2) is 11.6 Å². The Balaban J connectivity index is 2.04. The highest BCUT2D eigenvalue weighted by atomic mass is 35.5. The zero-order valence-electron chi connectivity index (χ0n) is 11.4. The number of amides is 1. The summed E-state index contributed by atoms with van der Waals surface area (Å²) in [4.78, 5) is 12.4. The third-order valence-electron chi connectivity index (χ3n) is 2.76. The van der Waals surface area contributed by atoms with Gasteiger partial charge in [-0.15, -0.1) is 11.8 Å². The standard InChI is InChI=1S/C15H11ClF3NOS/c1-8(22-10-3-4-11(17)12(18)7-10)15(21)20-14-5-2-9(16)6-13(14)19/h2-8H,1H3,(H,20,21). The van der Waals surface area contributed by atoms with Crippen LogP contribution in [0.15, 0.2) is 41.3 Å². The number of carbonyl (C=O) groups excluding carboxylic acids is 1. The van der Waals surface area contributed by atoms with E-state index in [4.69, 9.17) is 11.6 Å². The lowest BCUT2D eigenvalue weighted by atomic mass is 10.3. The minimum atomic E-state index is -0.985. The van der Waals surface area contributed by atoms with Crippen LogP contribution in [0.3, 0.4) is 0 Å². The molecule has 0 saturated heterocycles. The second kappa shape index (κ2) is 7.07. The molecule has 7 heteroatoms. The van der Waals surface area contributed by atoms with Crippen LogP contribution in [-0.4, -0.2) is 11.2 Å². The molecule has 2 aromatic carbocycles. The first kappa shape index (κ1) is 16.7. The van der Waals surface area contributed by atoms with E-state index in [1.54, 1.807) is 6.92 Å². The molecule has 0 saturated carbocycles. The van der Waals surface area contributed by atoms with Gasteiger partial charge in [0.1, 0.15) is 5.82 Å². The van der Waals surface area contributed by atoms with Crippen molar-refractivity contribution in [3.8, 4) is 0 Å². The number of anilines is 1. The minimum Gasteiger partial charge on any atom is -0.323 e. The van der Waals surface area contributed by atoms with Crippen molar-refractivity contribution in [2.75, 3.05) is 5.32 Å². The van der Waals surface area contributed by atoms with Gasteiger partial charge in [-0.2, -0.15) is 0 Å². The number of halogens is 4. The average molecular weight is 346 g/mol. The van der Waals surface area contributed by atoms with Crippen LogP contribution in [0.5, 0.6) is 0 Å². The van der Waals surface area contributed by atoms with E-state index in [-0.39, 0.29) is 10.7 Å². The van der Waals surface area contributed by atoms with E-state index in [0.717, 1.165) is 30.0 Å². The van der Waals surface area contributed by atoms with Crippen LogP contribution in [0.2, 0.25) is 5.02 Å². The van der Waals surface area contributed by atoms with Gasteiger partial charge in [-0.3, -0.25) is 4.79 Å². The van der Waals surface area contributed by atoms with E-state index in [0.29, 0.717) is 4.90 Å². The largest absolute Gasteiger partial charge is 0.323 e. The molecule has 0 fully saturated rings. The first-order chi connectivity index (χ1) is 10.4. The monoisotopic (exact) mass is 345 g/mol. The van der Waals surface area contributed by atoms with Crippen LogP contribution in [0, 0.1) is 17.5 Å². The SMILES string of the molecule is CC(Sc1ccc(F)c(F)c1)C(=O)Nc1ccc(Cl)cc1F. The molecule has 1 unspecified atom stereocenters. The van der Waals surface area contributed by atoms with Gasteiger partial charge in [0.25, 0.3) is 0 Å². The molecule has 1 atom stereocenters. The Morgan fingerprint density at radius 3 is 2.45 bits per heavy atom. The van der Waals surface area contributed by atoms with Crippen LogP contribution in [0.25, 0.3) is 0 Å². The number of hydrogen-bond acceptors (Lipinski definition) is 2. The van der Waals surface area contributed by atoms with Gasteiger partial charge in [-0.25, -0.2) is 13.2 Å². The van der Waals surface area contributed by atoms with Crippen LogP contribution >= 0.6 is 23.4 Å². The van der Waals surface area contributed by atoms with Crippen LogP contribution in [0.1, 0.15) is 6.92 Å². The lowest BCUT2D eigenvalue weighted by molar-refractivity contribution is -0.115. The predicted octanol–water partition coefficient (Wildman–Crippen LogP) is 4.88. The number of carbonyl (C=O) groups is 1. The predicted molar refractivity (Wildman–Crippen MR) is 81.7 cm³/mol. The quantitative estimate of drug-likeness (QED) is 0.800. The number of benzene rings is 2. The van der Waals surface area contributed by atoms with Gasteiger partial charge in [0, 0.05) is 9.92 Å². The first-order valence-corrected chi connectivity index (χ1v) is 7.50. The normalized spacial score (nSPS) is 12.0. The Kier molecular flexibility index (Phi) is 5.37. The van der Waals surface area contributed by atoms with Crippen molar-refractivity contribution in [3.05, 3.63) is 58.9 Å². The maximum atomic E-state index is 13.6. The molecule has 0 spiro atoms. The molecule has 22 heavy (non-hydrogen) atoms. The molecular formula is C15H11ClF3NOS. The second-order valence-corrected chi connectivity index (χ2v) is 6.30. The van der Waals surface area contributed by atoms with Crippen molar-refractivity contribution in [3.63, 3.8) is 0 Å². The molecule has 0 radical (unpaired) electrons. The van der Waals surface area contributed by atoms with E-state index in [1.165, 1.54) is 18.2 Å². The molecule has 0 bridgehead atoms. The highest BCUT2D eigenvalue weighted by Gasteiger charge is 2.17. The molecule has 1 amide bonds. The van der Waals surface area contributed by atoms with Gasteiger partial charge in [-0.1, -0.05) is 11.6 Å². The van der Waals surface area contributed by atoms with E-state index in [2.05, 4.69) is 5.32 Å². The third-order valence-corrected chi connectivity index (χ3v) is 4.09.